The van der Waals surface area contributed by atoms with Gasteiger partial charge in [-0.05, 0) is 48.9 Å². The van der Waals surface area contributed by atoms with Crippen LogP contribution in [-0.2, 0) is 0 Å². The number of aromatic nitrogens is 2. The van der Waals surface area contributed by atoms with Crippen molar-refractivity contribution in [3.8, 4) is 16.3 Å². The van der Waals surface area contributed by atoms with Gasteiger partial charge in [0, 0.05) is 23.0 Å². The second kappa shape index (κ2) is 7.96. The first kappa shape index (κ1) is 19.0. The van der Waals surface area contributed by atoms with E-state index >= 15 is 0 Å². The van der Waals surface area contributed by atoms with Crippen LogP contribution in [0.25, 0.3) is 21.1 Å². The Labute approximate surface area is 176 Å². The van der Waals surface area contributed by atoms with Crippen molar-refractivity contribution in [2.45, 2.75) is 19.3 Å². The Morgan fingerprint density at radius 3 is 2.61 bits per heavy atom. The fourth-order valence-corrected chi connectivity index (χ4v) is 4.61. The molecule has 0 N–H and O–H groups in total. The first-order valence-electron chi connectivity index (χ1n) is 8.89. The average molecular weight is 431 g/mol. The molecule has 1 aliphatic rings. The number of hydrogen-bond acceptors (Lipinski definition) is 3. The molecule has 3 heterocycles. The Kier molecular flexibility index (Phi) is 5.40. The lowest BCUT2D eigenvalue weighted by Crippen LogP contribution is -2.35. The monoisotopic (exact) mass is 430 g/mol. The van der Waals surface area contributed by atoms with Gasteiger partial charge in [-0.1, -0.05) is 29.3 Å². The highest BCUT2D eigenvalue weighted by atomic mass is 35.5. The maximum Gasteiger partial charge on any atom is 0.263 e. The number of nitrogens with zero attached hydrogens (tertiary/aromatic N) is 4. The van der Waals surface area contributed by atoms with E-state index in [9.17, 15) is 4.79 Å². The van der Waals surface area contributed by atoms with E-state index in [1.165, 1.54) is 11.3 Å². The number of carbonyl (C=O) groups excluding carboxylic acids is 1. The van der Waals surface area contributed by atoms with Crippen LogP contribution in [0.3, 0.4) is 0 Å². The van der Waals surface area contributed by atoms with Crippen LogP contribution >= 0.6 is 34.5 Å². The fraction of sp³-hybridized carbons (Fsp3) is 0.250. The molecule has 5 nitrogen and oxygen atoms in total. The van der Waals surface area contributed by atoms with Crippen molar-refractivity contribution in [3.05, 3.63) is 62.9 Å². The maximum absolute atomic E-state index is 13.1. The molecule has 4 rings (SSSR count). The van der Waals surface area contributed by atoms with E-state index in [0.717, 1.165) is 24.1 Å². The van der Waals surface area contributed by atoms with Crippen molar-refractivity contribution >= 4 is 46.1 Å². The Morgan fingerprint density at radius 1 is 1.18 bits per heavy atom. The van der Waals surface area contributed by atoms with Crippen LogP contribution in [0.4, 0.5) is 5.69 Å². The van der Waals surface area contributed by atoms with Crippen molar-refractivity contribution < 1.29 is 4.79 Å². The molecule has 0 aliphatic carbocycles. The third kappa shape index (κ3) is 3.42. The number of rotatable bonds is 3. The van der Waals surface area contributed by atoms with Gasteiger partial charge >= 0.3 is 0 Å². The molecule has 1 aromatic carbocycles. The molecule has 0 bridgehead atoms. The Balaban J connectivity index is 1.91. The fourth-order valence-electron chi connectivity index (χ4n) is 3.37. The minimum absolute atomic E-state index is 0.173. The van der Waals surface area contributed by atoms with Crippen LogP contribution in [0.1, 0.15) is 29.8 Å². The van der Waals surface area contributed by atoms with Gasteiger partial charge in [0.25, 0.3) is 5.91 Å². The van der Waals surface area contributed by atoms with Gasteiger partial charge in [-0.3, -0.25) is 4.79 Å². The first-order chi connectivity index (χ1) is 13.6. The number of halogens is 2. The third-order valence-electron chi connectivity index (χ3n) is 4.71. The van der Waals surface area contributed by atoms with Gasteiger partial charge in [-0.15, -0.1) is 11.3 Å². The second-order valence-corrected chi connectivity index (χ2v) is 8.29. The van der Waals surface area contributed by atoms with E-state index in [4.69, 9.17) is 29.8 Å². The molecule has 1 fully saturated rings. The molecular weight excluding hydrogens is 415 g/mol. The van der Waals surface area contributed by atoms with Crippen LogP contribution in [0, 0.1) is 6.57 Å². The molecule has 1 saturated heterocycles. The predicted octanol–water partition coefficient (Wildman–Crippen LogP) is 6.08. The van der Waals surface area contributed by atoms with Gasteiger partial charge < -0.3 is 4.90 Å². The molecule has 1 amide bonds. The molecule has 0 saturated carbocycles. The SMILES string of the molecule is [C-]#[N+]c1c(C(=O)N2CCCCC2)nn(-c2ccc(Cl)cc2Cl)c1-c1cccs1. The number of carbonyl (C=O) groups is 1. The largest absolute Gasteiger partial charge is 0.338 e. The topological polar surface area (TPSA) is 42.5 Å². The van der Waals surface area contributed by atoms with Gasteiger partial charge in [0.05, 0.1) is 23.0 Å². The van der Waals surface area contributed by atoms with Gasteiger partial charge in [0.1, 0.15) is 0 Å². The zero-order chi connectivity index (χ0) is 19.7. The quantitative estimate of drug-likeness (QED) is 0.472. The number of piperidine rings is 1. The number of likely N-dealkylation sites (tertiary alicyclic amines) is 1. The summed E-state index contributed by atoms with van der Waals surface area (Å²) in [5, 5.41) is 7.40. The van der Waals surface area contributed by atoms with Crippen LogP contribution < -0.4 is 0 Å². The average Bonchev–Trinajstić information content (AvgIpc) is 3.35. The molecule has 28 heavy (non-hydrogen) atoms. The minimum Gasteiger partial charge on any atom is -0.338 e. The zero-order valence-electron chi connectivity index (χ0n) is 14.9. The molecule has 0 spiro atoms. The van der Waals surface area contributed by atoms with Crippen molar-refractivity contribution in [1.29, 1.82) is 0 Å². The summed E-state index contributed by atoms with van der Waals surface area (Å²) in [6.45, 7) is 9.14. The predicted molar refractivity (Wildman–Crippen MR) is 113 cm³/mol. The molecule has 8 heteroatoms. The lowest BCUT2D eigenvalue weighted by atomic mass is 10.1. The second-order valence-electron chi connectivity index (χ2n) is 6.50. The molecule has 3 aromatic rings. The van der Waals surface area contributed by atoms with Gasteiger partial charge in [0.2, 0.25) is 5.69 Å². The van der Waals surface area contributed by atoms with E-state index in [2.05, 4.69) is 9.94 Å². The van der Waals surface area contributed by atoms with E-state index in [-0.39, 0.29) is 17.3 Å². The van der Waals surface area contributed by atoms with Crippen LogP contribution in [-0.4, -0.2) is 33.7 Å². The maximum atomic E-state index is 13.1. The Hall–Kier alpha value is -2.33. The van der Waals surface area contributed by atoms with Crippen LogP contribution in [0.5, 0.6) is 0 Å². The van der Waals surface area contributed by atoms with E-state index in [0.29, 0.717) is 34.5 Å². The molecule has 0 atom stereocenters. The molecule has 0 radical (unpaired) electrons. The first-order valence-corrected chi connectivity index (χ1v) is 10.5. The minimum atomic E-state index is -0.202. The van der Waals surface area contributed by atoms with E-state index in [1.807, 2.05) is 17.5 Å². The van der Waals surface area contributed by atoms with Gasteiger partial charge in [-0.2, -0.15) is 5.10 Å². The number of benzene rings is 1. The highest BCUT2D eigenvalue weighted by molar-refractivity contribution is 7.13. The summed E-state index contributed by atoms with van der Waals surface area (Å²) in [5.74, 6) is -0.202. The standard InChI is InChI=1S/C20H16Cl2N4OS/c1-23-17-18(20(27)25-9-3-2-4-10-25)24-26(19(17)16-6-5-11-28-16)15-8-7-13(21)12-14(15)22/h5-8,11-12H,2-4,9-10H2. The summed E-state index contributed by atoms with van der Waals surface area (Å²) < 4.78 is 1.59. The Bertz CT molecular complexity index is 1060. The van der Waals surface area contributed by atoms with Crippen molar-refractivity contribution in [1.82, 2.24) is 14.7 Å². The summed E-state index contributed by atoms with van der Waals surface area (Å²) in [4.78, 5) is 19.5. The molecule has 1 aliphatic heterocycles. The third-order valence-corrected chi connectivity index (χ3v) is 6.12. The molecular formula is C20H16Cl2N4OS. The molecule has 0 unspecified atom stereocenters. The summed E-state index contributed by atoms with van der Waals surface area (Å²) in [6, 6.07) is 8.90. The smallest absolute Gasteiger partial charge is 0.263 e. The Morgan fingerprint density at radius 2 is 1.96 bits per heavy atom. The van der Waals surface area contributed by atoms with Crippen molar-refractivity contribution in [2.24, 2.45) is 0 Å². The number of amides is 1. The van der Waals surface area contributed by atoms with Crippen molar-refractivity contribution in [2.75, 3.05) is 13.1 Å². The summed E-state index contributed by atoms with van der Waals surface area (Å²) in [5.41, 5.74) is 1.59. The highest BCUT2D eigenvalue weighted by Crippen LogP contribution is 2.40. The van der Waals surface area contributed by atoms with Crippen molar-refractivity contribution in [3.63, 3.8) is 0 Å². The normalized spacial score (nSPS) is 14.1. The highest BCUT2D eigenvalue weighted by Gasteiger charge is 2.29. The summed E-state index contributed by atoms with van der Waals surface area (Å²) >= 11 is 13.9. The molecule has 142 valence electrons. The van der Waals surface area contributed by atoms with E-state index in [1.54, 1.807) is 27.8 Å². The number of hydrogen-bond donors (Lipinski definition) is 0. The zero-order valence-corrected chi connectivity index (χ0v) is 17.2. The molecule has 2 aromatic heterocycles. The van der Waals surface area contributed by atoms with Crippen LogP contribution in [0.2, 0.25) is 10.0 Å². The summed E-state index contributed by atoms with van der Waals surface area (Å²) in [6.07, 6.45) is 3.07. The van der Waals surface area contributed by atoms with Gasteiger partial charge in [0.15, 0.2) is 5.69 Å². The van der Waals surface area contributed by atoms with E-state index < -0.39 is 0 Å². The lowest BCUT2D eigenvalue weighted by molar-refractivity contribution is 0.0719. The summed E-state index contributed by atoms with van der Waals surface area (Å²) in [7, 11) is 0. The lowest BCUT2D eigenvalue weighted by Gasteiger charge is -2.26. The van der Waals surface area contributed by atoms with Gasteiger partial charge in [-0.25, -0.2) is 9.53 Å². The van der Waals surface area contributed by atoms with Crippen LogP contribution in [0.15, 0.2) is 35.7 Å². The number of thiophene rings is 1.